The highest BCUT2D eigenvalue weighted by atomic mass is 35.5. The van der Waals surface area contributed by atoms with Crippen LogP contribution in [-0.2, 0) is 17.1 Å². The SMILES string of the molecule is O=C(O)Cc1c(CCl)ncc(F)c1OC(F)(F)F. The van der Waals surface area contributed by atoms with E-state index in [1.807, 2.05) is 0 Å². The van der Waals surface area contributed by atoms with Gasteiger partial charge in [-0.1, -0.05) is 0 Å². The number of pyridine rings is 1. The zero-order chi connectivity index (χ0) is 13.9. The van der Waals surface area contributed by atoms with Gasteiger partial charge in [-0.15, -0.1) is 24.8 Å². The molecule has 0 saturated heterocycles. The van der Waals surface area contributed by atoms with Crippen molar-refractivity contribution in [2.75, 3.05) is 0 Å². The summed E-state index contributed by atoms with van der Waals surface area (Å²) in [5.74, 6) is -4.44. The Morgan fingerprint density at radius 1 is 1.50 bits per heavy atom. The van der Waals surface area contributed by atoms with Crippen LogP contribution in [0.4, 0.5) is 17.6 Å². The molecule has 0 spiro atoms. The van der Waals surface area contributed by atoms with Gasteiger partial charge in [0.25, 0.3) is 0 Å². The standard InChI is InChI=1S/C9H6ClF4NO3/c10-2-6-4(1-7(16)17)8(5(11)3-15-6)18-9(12,13)14/h3H,1-2H2,(H,16,17). The van der Waals surface area contributed by atoms with Crippen LogP contribution in [0.15, 0.2) is 6.20 Å². The van der Waals surface area contributed by atoms with Gasteiger partial charge in [0.1, 0.15) is 0 Å². The lowest BCUT2D eigenvalue weighted by atomic mass is 10.1. The maximum Gasteiger partial charge on any atom is 0.573 e. The molecule has 0 aliphatic heterocycles. The first-order valence-electron chi connectivity index (χ1n) is 4.44. The van der Waals surface area contributed by atoms with Crippen molar-refractivity contribution in [3.63, 3.8) is 0 Å². The summed E-state index contributed by atoms with van der Waals surface area (Å²) in [5, 5.41) is 8.57. The largest absolute Gasteiger partial charge is 0.573 e. The molecule has 9 heteroatoms. The van der Waals surface area contributed by atoms with Gasteiger partial charge >= 0.3 is 12.3 Å². The highest BCUT2D eigenvalue weighted by Crippen LogP contribution is 2.31. The molecule has 0 atom stereocenters. The van der Waals surface area contributed by atoms with Gasteiger partial charge in [-0.3, -0.25) is 9.78 Å². The Kier molecular flexibility index (Phi) is 4.33. The van der Waals surface area contributed by atoms with E-state index in [4.69, 9.17) is 16.7 Å². The molecule has 1 heterocycles. The van der Waals surface area contributed by atoms with Gasteiger partial charge in [-0.25, -0.2) is 4.39 Å². The fraction of sp³-hybridized carbons (Fsp3) is 0.333. The van der Waals surface area contributed by atoms with Gasteiger partial charge in [0.05, 0.1) is 24.2 Å². The van der Waals surface area contributed by atoms with Crippen molar-refractivity contribution in [2.45, 2.75) is 18.7 Å². The Bertz CT molecular complexity index is 464. The smallest absolute Gasteiger partial charge is 0.481 e. The number of halogens is 5. The molecule has 1 aromatic heterocycles. The molecular formula is C9H6ClF4NO3. The molecule has 0 aromatic carbocycles. The molecule has 0 saturated carbocycles. The van der Waals surface area contributed by atoms with Crippen LogP contribution in [0, 0.1) is 5.82 Å². The lowest BCUT2D eigenvalue weighted by Gasteiger charge is -2.14. The number of nitrogens with zero attached hydrogens (tertiary/aromatic N) is 1. The molecule has 0 aliphatic rings. The minimum Gasteiger partial charge on any atom is -0.481 e. The van der Waals surface area contributed by atoms with Crippen molar-refractivity contribution in [1.29, 1.82) is 0 Å². The topological polar surface area (TPSA) is 59.4 Å². The average molecular weight is 288 g/mol. The quantitative estimate of drug-likeness (QED) is 0.683. The Balaban J connectivity index is 3.31. The van der Waals surface area contributed by atoms with E-state index >= 15 is 0 Å². The summed E-state index contributed by atoms with van der Waals surface area (Å²) in [6.07, 6.45) is -5.53. The van der Waals surface area contributed by atoms with Crippen LogP contribution in [0.25, 0.3) is 0 Å². The van der Waals surface area contributed by atoms with Crippen molar-refractivity contribution >= 4 is 17.6 Å². The fourth-order valence-electron chi connectivity index (χ4n) is 1.22. The third kappa shape index (κ3) is 3.73. The van der Waals surface area contributed by atoms with Gasteiger partial charge in [-0.05, 0) is 0 Å². The molecule has 0 aliphatic carbocycles. The fourth-order valence-corrected chi connectivity index (χ4v) is 1.45. The molecule has 0 unspecified atom stereocenters. The summed E-state index contributed by atoms with van der Waals surface area (Å²) >= 11 is 5.40. The van der Waals surface area contributed by atoms with Gasteiger partial charge in [0.2, 0.25) is 0 Å². The molecule has 18 heavy (non-hydrogen) atoms. The number of ether oxygens (including phenoxy) is 1. The summed E-state index contributed by atoms with van der Waals surface area (Å²) in [6.45, 7) is 0. The monoisotopic (exact) mass is 287 g/mol. The normalized spacial score (nSPS) is 11.4. The van der Waals surface area contributed by atoms with Gasteiger partial charge in [-0.2, -0.15) is 0 Å². The Hall–Kier alpha value is -1.57. The van der Waals surface area contributed by atoms with Crippen LogP contribution in [0.3, 0.4) is 0 Å². The summed E-state index contributed by atoms with van der Waals surface area (Å²) in [7, 11) is 0. The van der Waals surface area contributed by atoms with Crippen molar-refractivity contribution in [2.24, 2.45) is 0 Å². The Morgan fingerprint density at radius 3 is 2.56 bits per heavy atom. The molecule has 1 aromatic rings. The molecule has 0 fully saturated rings. The highest BCUT2D eigenvalue weighted by molar-refractivity contribution is 6.17. The second kappa shape index (κ2) is 5.38. The van der Waals surface area contributed by atoms with E-state index in [0.29, 0.717) is 6.20 Å². The van der Waals surface area contributed by atoms with Crippen LogP contribution in [0.5, 0.6) is 5.75 Å². The summed E-state index contributed by atoms with van der Waals surface area (Å²) in [4.78, 5) is 14.0. The molecule has 1 rings (SSSR count). The first kappa shape index (κ1) is 14.5. The van der Waals surface area contributed by atoms with Gasteiger partial charge in [0, 0.05) is 5.56 Å². The first-order chi connectivity index (χ1) is 8.24. The highest BCUT2D eigenvalue weighted by Gasteiger charge is 2.34. The summed E-state index contributed by atoms with van der Waals surface area (Å²) in [6, 6.07) is 0. The number of hydrogen-bond acceptors (Lipinski definition) is 3. The second-order valence-electron chi connectivity index (χ2n) is 3.11. The Morgan fingerprint density at radius 2 is 2.11 bits per heavy atom. The zero-order valence-corrected chi connectivity index (χ0v) is 9.35. The molecule has 0 radical (unpaired) electrons. The first-order valence-corrected chi connectivity index (χ1v) is 4.97. The van der Waals surface area contributed by atoms with Gasteiger partial charge < -0.3 is 9.84 Å². The third-order valence-corrected chi connectivity index (χ3v) is 2.10. The summed E-state index contributed by atoms with van der Waals surface area (Å²) in [5.41, 5.74) is -0.713. The number of carboxylic acids is 1. The lowest BCUT2D eigenvalue weighted by Crippen LogP contribution is -2.20. The van der Waals surface area contributed by atoms with E-state index < -0.39 is 35.9 Å². The molecule has 1 N–H and O–H groups in total. The number of aliphatic carboxylic acids is 1. The van der Waals surface area contributed by atoms with Crippen molar-refractivity contribution in [3.8, 4) is 5.75 Å². The van der Waals surface area contributed by atoms with Crippen LogP contribution in [0.2, 0.25) is 0 Å². The average Bonchev–Trinajstić information content (AvgIpc) is 2.21. The number of carbonyl (C=O) groups is 1. The van der Waals surface area contributed by atoms with E-state index in [2.05, 4.69) is 9.72 Å². The molecule has 100 valence electrons. The molecule has 0 bridgehead atoms. The maximum atomic E-state index is 13.2. The van der Waals surface area contributed by atoms with E-state index in [1.54, 1.807) is 0 Å². The van der Waals surface area contributed by atoms with E-state index in [-0.39, 0.29) is 11.6 Å². The Labute approximate surface area is 103 Å². The molecule has 0 amide bonds. The van der Waals surface area contributed by atoms with Crippen LogP contribution in [0.1, 0.15) is 11.3 Å². The predicted molar refractivity (Wildman–Crippen MR) is 51.8 cm³/mol. The zero-order valence-electron chi connectivity index (χ0n) is 8.59. The number of rotatable bonds is 4. The van der Waals surface area contributed by atoms with E-state index in [9.17, 15) is 22.4 Å². The van der Waals surface area contributed by atoms with Crippen molar-refractivity contribution in [1.82, 2.24) is 4.98 Å². The van der Waals surface area contributed by atoms with Gasteiger partial charge in [0.15, 0.2) is 11.6 Å². The van der Waals surface area contributed by atoms with Crippen LogP contribution >= 0.6 is 11.6 Å². The lowest BCUT2D eigenvalue weighted by molar-refractivity contribution is -0.276. The summed E-state index contributed by atoms with van der Waals surface area (Å²) < 4.78 is 52.9. The second-order valence-corrected chi connectivity index (χ2v) is 3.38. The van der Waals surface area contributed by atoms with Crippen LogP contribution in [-0.4, -0.2) is 22.4 Å². The minimum atomic E-state index is -5.14. The number of aromatic nitrogens is 1. The molecular weight excluding hydrogens is 282 g/mol. The number of hydrogen-bond donors (Lipinski definition) is 1. The minimum absolute atomic E-state index is 0.181. The van der Waals surface area contributed by atoms with E-state index in [0.717, 1.165) is 0 Å². The third-order valence-electron chi connectivity index (χ3n) is 1.85. The van der Waals surface area contributed by atoms with E-state index in [1.165, 1.54) is 0 Å². The van der Waals surface area contributed by atoms with Crippen LogP contribution < -0.4 is 4.74 Å². The number of alkyl halides is 4. The molecule has 4 nitrogen and oxygen atoms in total. The number of carboxylic acid groups (broad SMARTS) is 1. The van der Waals surface area contributed by atoms with Crippen molar-refractivity contribution in [3.05, 3.63) is 23.3 Å². The predicted octanol–water partition coefficient (Wildman–Crippen LogP) is 2.49. The van der Waals surface area contributed by atoms with Crippen molar-refractivity contribution < 1.29 is 32.2 Å². The maximum absolute atomic E-state index is 13.2.